The monoisotopic (exact) mass is 302 g/mol. The largest absolute Gasteiger partial charge is 0.386 e. The van der Waals surface area contributed by atoms with Gasteiger partial charge in [-0.15, -0.1) is 0 Å². The number of nitrogens with zero attached hydrogens (tertiary/aromatic N) is 2. The summed E-state index contributed by atoms with van der Waals surface area (Å²) in [5, 5.41) is 10.6. The summed E-state index contributed by atoms with van der Waals surface area (Å²) in [5.74, 6) is -0.435. The normalized spacial score (nSPS) is 12.5. The molecule has 0 aliphatic carbocycles. The Morgan fingerprint density at radius 1 is 1.14 bits per heavy atom. The number of hydrogen-bond donors (Lipinski definition) is 1. The fourth-order valence-electron chi connectivity index (χ4n) is 2.13. The Morgan fingerprint density at radius 3 is 2.67 bits per heavy atom. The SMILES string of the molecule is OC(Cc1ccc(Cl)cc1F)c1cnc2ccccc2n1. The molecule has 1 heterocycles. The van der Waals surface area contributed by atoms with E-state index < -0.39 is 11.9 Å². The van der Waals surface area contributed by atoms with Crippen LogP contribution in [0.5, 0.6) is 0 Å². The van der Waals surface area contributed by atoms with Gasteiger partial charge in [0.25, 0.3) is 0 Å². The summed E-state index contributed by atoms with van der Waals surface area (Å²) in [4.78, 5) is 8.60. The highest BCUT2D eigenvalue weighted by Gasteiger charge is 2.14. The number of fused-ring (bicyclic) bond motifs is 1. The molecular weight excluding hydrogens is 291 g/mol. The second-order valence-corrected chi connectivity index (χ2v) is 5.18. The molecule has 3 rings (SSSR count). The molecule has 0 saturated carbocycles. The highest BCUT2D eigenvalue weighted by atomic mass is 35.5. The van der Waals surface area contributed by atoms with Crippen LogP contribution >= 0.6 is 11.6 Å². The van der Waals surface area contributed by atoms with E-state index in [1.54, 1.807) is 12.1 Å². The standard InChI is InChI=1S/C16H12ClFN2O/c17-11-6-5-10(12(18)8-11)7-16(21)15-9-19-13-3-1-2-4-14(13)20-15/h1-6,8-9,16,21H,7H2. The average Bonchev–Trinajstić information content (AvgIpc) is 2.49. The van der Waals surface area contributed by atoms with Crippen molar-refractivity contribution in [1.29, 1.82) is 0 Å². The summed E-state index contributed by atoms with van der Waals surface area (Å²) in [7, 11) is 0. The summed E-state index contributed by atoms with van der Waals surface area (Å²) in [6.07, 6.45) is 0.717. The second kappa shape index (κ2) is 5.76. The predicted octanol–water partition coefficient (Wildman–Crippen LogP) is 3.70. The minimum atomic E-state index is -0.919. The van der Waals surface area contributed by atoms with Gasteiger partial charge in [-0.3, -0.25) is 4.98 Å². The van der Waals surface area contributed by atoms with Crippen LogP contribution in [0.15, 0.2) is 48.7 Å². The van der Waals surface area contributed by atoms with Crippen LogP contribution in [0.25, 0.3) is 11.0 Å². The molecule has 3 aromatic rings. The number of halogens is 2. The summed E-state index contributed by atoms with van der Waals surface area (Å²) < 4.78 is 13.7. The molecule has 1 atom stereocenters. The van der Waals surface area contributed by atoms with Gasteiger partial charge in [-0.2, -0.15) is 0 Å². The number of benzene rings is 2. The third-order valence-corrected chi connectivity index (χ3v) is 3.47. The van der Waals surface area contributed by atoms with E-state index in [0.717, 1.165) is 5.52 Å². The molecule has 1 unspecified atom stereocenters. The molecule has 0 fully saturated rings. The van der Waals surface area contributed by atoms with Crippen molar-refractivity contribution in [3.63, 3.8) is 0 Å². The maximum atomic E-state index is 13.7. The highest BCUT2D eigenvalue weighted by Crippen LogP contribution is 2.22. The molecule has 0 radical (unpaired) electrons. The van der Waals surface area contributed by atoms with Crippen LogP contribution in [0.2, 0.25) is 5.02 Å². The molecule has 1 aromatic heterocycles. The zero-order valence-corrected chi connectivity index (χ0v) is 11.8. The molecule has 1 N–H and O–H groups in total. The first kappa shape index (κ1) is 13.9. The first-order chi connectivity index (χ1) is 10.1. The Kier molecular flexibility index (Phi) is 3.82. The number of aromatic nitrogens is 2. The number of para-hydroxylation sites is 2. The number of rotatable bonds is 3. The first-order valence-corrected chi connectivity index (χ1v) is 6.85. The van der Waals surface area contributed by atoms with Crippen LogP contribution in [0.4, 0.5) is 4.39 Å². The van der Waals surface area contributed by atoms with Crippen LogP contribution in [-0.4, -0.2) is 15.1 Å². The van der Waals surface area contributed by atoms with Crippen molar-refractivity contribution in [2.24, 2.45) is 0 Å². The Labute approximate surface area is 126 Å². The van der Waals surface area contributed by atoms with Crippen LogP contribution in [0.1, 0.15) is 17.4 Å². The Balaban J connectivity index is 1.87. The molecular formula is C16H12ClFN2O. The minimum absolute atomic E-state index is 0.121. The highest BCUT2D eigenvalue weighted by molar-refractivity contribution is 6.30. The second-order valence-electron chi connectivity index (χ2n) is 4.74. The van der Waals surface area contributed by atoms with Gasteiger partial charge < -0.3 is 5.11 Å². The van der Waals surface area contributed by atoms with E-state index >= 15 is 0 Å². The minimum Gasteiger partial charge on any atom is -0.386 e. The zero-order chi connectivity index (χ0) is 14.8. The van der Waals surface area contributed by atoms with Crippen molar-refractivity contribution >= 4 is 22.6 Å². The summed E-state index contributed by atoms with van der Waals surface area (Å²) >= 11 is 5.71. The molecule has 3 nitrogen and oxygen atoms in total. The molecule has 5 heteroatoms. The predicted molar refractivity (Wildman–Crippen MR) is 79.6 cm³/mol. The maximum Gasteiger partial charge on any atom is 0.127 e. The van der Waals surface area contributed by atoms with Gasteiger partial charge in [-0.25, -0.2) is 9.37 Å². The van der Waals surface area contributed by atoms with Crippen molar-refractivity contribution in [2.45, 2.75) is 12.5 Å². The fourth-order valence-corrected chi connectivity index (χ4v) is 2.29. The molecule has 0 spiro atoms. The third-order valence-electron chi connectivity index (χ3n) is 3.24. The van der Waals surface area contributed by atoms with Gasteiger partial charge in [0.05, 0.1) is 22.9 Å². The third kappa shape index (κ3) is 3.01. The molecule has 0 saturated heterocycles. The van der Waals surface area contributed by atoms with Gasteiger partial charge >= 0.3 is 0 Å². The molecule has 21 heavy (non-hydrogen) atoms. The van der Waals surface area contributed by atoms with Gasteiger partial charge in [-0.1, -0.05) is 29.8 Å². The van der Waals surface area contributed by atoms with E-state index in [0.29, 0.717) is 21.8 Å². The van der Waals surface area contributed by atoms with Crippen LogP contribution in [0.3, 0.4) is 0 Å². The van der Waals surface area contributed by atoms with E-state index in [2.05, 4.69) is 9.97 Å². The summed E-state index contributed by atoms with van der Waals surface area (Å²) in [6, 6.07) is 11.8. The lowest BCUT2D eigenvalue weighted by Crippen LogP contribution is -2.06. The molecule has 2 aromatic carbocycles. The number of aliphatic hydroxyl groups excluding tert-OH is 1. The maximum absolute atomic E-state index is 13.7. The fraction of sp³-hybridized carbons (Fsp3) is 0.125. The Morgan fingerprint density at radius 2 is 1.90 bits per heavy atom. The molecule has 0 aliphatic rings. The van der Waals surface area contributed by atoms with E-state index in [4.69, 9.17) is 11.6 Å². The zero-order valence-electron chi connectivity index (χ0n) is 11.0. The molecule has 0 aliphatic heterocycles. The number of aliphatic hydroxyl groups is 1. The quantitative estimate of drug-likeness (QED) is 0.802. The van der Waals surface area contributed by atoms with Gasteiger partial charge in [0.2, 0.25) is 0 Å². The lowest BCUT2D eigenvalue weighted by molar-refractivity contribution is 0.172. The number of hydrogen-bond acceptors (Lipinski definition) is 3. The van der Waals surface area contributed by atoms with Crippen molar-refractivity contribution in [3.05, 3.63) is 70.8 Å². The van der Waals surface area contributed by atoms with E-state index in [1.165, 1.54) is 12.3 Å². The van der Waals surface area contributed by atoms with E-state index in [-0.39, 0.29) is 6.42 Å². The van der Waals surface area contributed by atoms with Crippen LogP contribution < -0.4 is 0 Å². The van der Waals surface area contributed by atoms with Crippen molar-refractivity contribution in [3.8, 4) is 0 Å². The lowest BCUT2D eigenvalue weighted by atomic mass is 10.1. The first-order valence-electron chi connectivity index (χ1n) is 6.47. The van der Waals surface area contributed by atoms with Gasteiger partial charge in [0.1, 0.15) is 11.9 Å². The summed E-state index contributed by atoms with van der Waals surface area (Å²) in [6.45, 7) is 0. The van der Waals surface area contributed by atoms with E-state index in [9.17, 15) is 9.50 Å². The molecule has 0 bridgehead atoms. The average molecular weight is 303 g/mol. The van der Waals surface area contributed by atoms with Gasteiger partial charge in [0, 0.05) is 11.4 Å². The van der Waals surface area contributed by atoms with Crippen molar-refractivity contribution in [2.75, 3.05) is 0 Å². The topological polar surface area (TPSA) is 46.0 Å². The van der Waals surface area contributed by atoms with Crippen LogP contribution in [-0.2, 0) is 6.42 Å². The van der Waals surface area contributed by atoms with Gasteiger partial charge in [0.15, 0.2) is 0 Å². The van der Waals surface area contributed by atoms with Crippen molar-refractivity contribution in [1.82, 2.24) is 9.97 Å². The summed E-state index contributed by atoms with van der Waals surface area (Å²) in [5.41, 5.74) is 2.27. The smallest absolute Gasteiger partial charge is 0.127 e. The lowest BCUT2D eigenvalue weighted by Gasteiger charge is -2.11. The van der Waals surface area contributed by atoms with Crippen LogP contribution in [0, 0.1) is 5.82 Å². The molecule has 0 amide bonds. The van der Waals surface area contributed by atoms with Gasteiger partial charge in [-0.05, 0) is 29.8 Å². The Hall–Kier alpha value is -2.04. The molecule has 106 valence electrons. The Bertz CT molecular complexity index is 794. The van der Waals surface area contributed by atoms with E-state index in [1.807, 2.05) is 24.3 Å². The van der Waals surface area contributed by atoms with Crippen molar-refractivity contribution < 1.29 is 9.50 Å².